The fourth-order valence-corrected chi connectivity index (χ4v) is 2.04. The number of fused-ring (bicyclic) bond motifs is 1. The average molecular weight is 287 g/mol. The van der Waals surface area contributed by atoms with Gasteiger partial charge in [-0.1, -0.05) is 59.8 Å². The Hall–Kier alpha value is -2.26. The van der Waals surface area contributed by atoms with E-state index in [2.05, 4.69) is 11.2 Å². The van der Waals surface area contributed by atoms with Crippen LogP contribution >= 0.6 is 12.4 Å². The summed E-state index contributed by atoms with van der Waals surface area (Å²) in [5.74, 6) is 0.426. The molecule has 102 valence electrons. The molecule has 0 radical (unpaired) electrons. The van der Waals surface area contributed by atoms with Crippen LogP contribution in [-0.2, 0) is 11.4 Å². The first-order valence-electron chi connectivity index (χ1n) is 6.15. The number of hydrogen-bond acceptors (Lipinski definition) is 2. The molecule has 3 nitrogen and oxygen atoms in total. The van der Waals surface area contributed by atoms with Gasteiger partial charge in [-0.05, 0) is 22.8 Å². The number of rotatable bonds is 4. The number of oxime groups is 1. The predicted octanol–water partition coefficient (Wildman–Crippen LogP) is 3.45. The van der Waals surface area contributed by atoms with Crippen LogP contribution in [0.2, 0.25) is 0 Å². The van der Waals surface area contributed by atoms with Crippen molar-refractivity contribution in [3.05, 3.63) is 71.3 Å². The van der Waals surface area contributed by atoms with Crippen molar-refractivity contribution in [2.45, 2.75) is 6.61 Å². The minimum Gasteiger partial charge on any atom is -0.389 e. The molecule has 1 aliphatic carbocycles. The SMILES string of the molecule is Cl.NC(=NOCc1ccccc1)C1=Cc2ccccc21. The van der Waals surface area contributed by atoms with E-state index < -0.39 is 0 Å². The number of nitrogens with zero attached hydrogens (tertiary/aromatic N) is 1. The van der Waals surface area contributed by atoms with Crippen molar-refractivity contribution in [1.29, 1.82) is 0 Å². The van der Waals surface area contributed by atoms with E-state index in [4.69, 9.17) is 10.6 Å². The van der Waals surface area contributed by atoms with E-state index in [0.717, 1.165) is 16.7 Å². The molecule has 0 aromatic heterocycles. The third kappa shape index (κ3) is 2.83. The Morgan fingerprint density at radius 2 is 1.70 bits per heavy atom. The van der Waals surface area contributed by atoms with Crippen LogP contribution in [0, 0.1) is 0 Å². The van der Waals surface area contributed by atoms with Gasteiger partial charge in [-0.15, -0.1) is 12.4 Å². The Bertz CT molecular complexity index is 651. The molecule has 20 heavy (non-hydrogen) atoms. The highest BCUT2D eigenvalue weighted by Crippen LogP contribution is 2.31. The minimum absolute atomic E-state index is 0. The maximum Gasteiger partial charge on any atom is 0.170 e. The lowest BCUT2D eigenvalue weighted by Crippen LogP contribution is -2.18. The lowest BCUT2D eigenvalue weighted by atomic mass is 9.88. The Balaban J connectivity index is 0.00000147. The molecule has 0 saturated carbocycles. The number of halogens is 1. The van der Waals surface area contributed by atoms with Crippen molar-refractivity contribution in [3.8, 4) is 0 Å². The molecule has 0 fully saturated rings. The second kappa shape index (κ2) is 6.26. The standard InChI is InChI=1S/C16H14N2O.ClH/c17-16(15-10-13-8-4-5-9-14(13)15)18-19-11-12-6-2-1-3-7-12;/h1-10H,11H2,(H2,17,18);1H. The van der Waals surface area contributed by atoms with E-state index in [0.29, 0.717) is 12.4 Å². The van der Waals surface area contributed by atoms with Gasteiger partial charge >= 0.3 is 0 Å². The zero-order chi connectivity index (χ0) is 13.1. The van der Waals surface area contributed by atoms with Gasteiger partial charge in [0.2, 0.25) is 0 Å². The summed E-state index contributed by atoms with van der Waals surface area (Å²) in [4.78, 5) is 5.28. The first-order valence-corrected chi connectivity index (χ1v) is 6.15. The summed E-state index contributed by atoms with van der Waals surface area (Å²) < 4.78 is 0. The van der Waals surface area contributed by atoms with Gasteiger partial charge in [0, 0.05) is 5.57 Å². The molecule has 0 spiro atoms. The van der Waals surface area contributed by atoms with Crippen LogP contribution in [0.15, 0.2) is 59.8 Å². The van der Waals surface area contributed by atoms with Crippen LogP contribution < -0.4 is 5.73 Å². The van der Waals surface area contributed by atoms with E-state index in [1.807, 2.05) is 54.6 Å². The summed E-state index contributed by atoms with van der Waals surface area (Å²) in [6.07, 6.45) is 2.01. The van der Waals surface area contributed by atoms with Crippen LogP contribution in [0.4, 0.5) is 0 Å². The summed E-state index contributed by atoms with van der Waals surface area (Å²) >= 11 is 0. The normalized spacial score (nSPS) is 12.6. The first-order chi connectivity index (χ1) is 9.34. The maximum absolute atomic E-state index is 5.91. The number of benzene rings is 2. The molecule has 1 aliphatic rings. The van der Waals surface area contributed by atoms with Crippen LogP contribution in [0.25, 0.3) is 11.6 Å². The maximum atomic E-state index is 5.91. The highest BCUT2D eigenvalue weighted by atomic mass is 35.5. The molecule has 0 amide bonds. The van der Waals surface area contributed by atoms with E-state index in [1.165, 1.54) is 5.56 Å². The van der Waals surface area contributed by atoms with Crippen LogP contribution in [-0.4, -0.2) is 5.84 Å². The van der Waals surface area contributed by atoms with Gasteiger partial charge in [-0.25, -0.2) is 0 Å². The third-order valence-electron chi connectivity index (χ3n) is 3.06. The van der Waals surface area contributed by atoms with Crippen molar-refractivity contribution in [1.82, 2.24) is 0 Å². The zero-order valence-electron chi connectivity index (χ0n) is 10.8. The Morgan fingerprint density at radius 3 is 2.45 bits per heavy atom. The summed E-state index contributed by atoms with van der Waals surface area (Å²) in [5, 5.41) is 3.97. The fourth-order valence-electron chi connectivity index (χ4n) is 2.04. The monoisotopic (exact) mass is 286 g/mol. The van der Waals surface area contributed by atoms with Crippen LogP contribution in [0.3, 0.4) is 0 Å². The van der Waals surface area contributed by atoms with Crippen molar-refractivity contribution >= 4 is 29.9 Å². The molecule has 4 heteroatoms. The summed E-state index contributed by atoms with van der Waals surface area (Å²) in [5.41, 5.74) is 10.3. The summed E-state index contributed by atoms with van der Waals surface area (Å²) in [6.45, 7) is 0.427. The van der Waals surface area contributed by atoms with Gasteiger partial charge in [0.05, 0.1) is 0 Å². The largest absolute Gasteiger partial charge is 0.389 e. The average Bonchev–Trinajstić information content (AvgIpc) is 2.41. The Morgan fingerprint density at radius 1 is 1.00 bits per heavy atom. The minimum atomic E-state index is 0. The van der Waals surface area contributed by atoms with Gasteiger partial charge in [0.15, 0.2) is 5.84 Å². The quantitative estimate of drug-likeness (QED) is 0.532. The molecule has 0 heterocycles. The molecule has 2 N–H and O–H groups in total. The lowest BCUT2D eigenvalue weighted by molar-refractivity contribution is 0.130. The van der Waals surface area contributed by atoms with E-state index >= 15 is 0 Å². The van der Waals surface area contributed by atoms with E-state index in [9.17, 15) is 0 Å². The summed E-state index contributed by atoms with van der Waals surface area (Å²) in [7, 11) is 0. The smallest absolute Gasteiger partial charge is 0.170 e. The van der Waals surface area contributed by atoms with Crippen LogP contribution in [0.1, 0.15) is 16.7 Å². The van der Waals surface area contributed by atoms with Crippen molar-refractivity contribution in [2.24, 2.45) is 10.9 Å². The molecule has 3 rings (SSSR count). The molecule has 0 unspecified atom stereocenters. The van der Waals surface area contributed by atoms with Crippen molar-refractivity contribution in [3.63, 3.8) is 0 Å². The lowest BCUT2D eigenvalue weighted by Gasteiger charge is -2.18. The molecule has 0 atom stereocenters. The second-order valence-corrected chi connectivity index (χ2v) is 4.38. The van der Waals surface area contributed by atoms with E-state index in [1.54, 1.807) is 0 Å². The second-order valence-electron chi connectivity index (χ2n) is 4.38. The van der Waals surface area contributed by atoms with Gasteiger partial charge in [0.1, 0.15) is 6.61 Å². The summed E-state index contributed by atoms with van der Waals surface area (Å²) in [6, 6.07) is 18.0. The van der Waals surface area contributed by atoms with Gasteiger partial charge in [-0.3, -0.25) is 0 Å². The fraction of sp³-hybridized carbons (Fsp3) is 0.0625. The number of nitrogens with two attached hydrogens (primary N) is 1. The molecular formula is C16H15ClN2O. The Kier molecular flexibility index (Phi) is 4.43. The molecule has 2 aromatic carbocycles. The molecular weight excluding hydrogens is 272 g/mol. The van der Waals surface area contributed by atoms with Gasteiger partial charge < -0.3 is 10.6 Å². The molecule has 0 saturated heterocycles. The third-order valence-corrected chi connectivity index (χ3v) is 3.06. The molecule has 2 aromatic rings. The highest BCUT2D eigenvalue weighted by molar-refractivity contribution is 6.31. The number of hydrogen-bond donors (Lipinski definition) is 1. The molecule has 0 aliphatic heterocycles. The van der Waals surface area contributed by atoms with Crippen LogP contribution in [0.5, 0.6) is 0 Å². The topological polar surface area (TPSA) is 47.6 Å². The molecule has 0 bridgehead atoms. The van der Waals surface area contributed by atoms with Crippen molar-refractivity contribution < 1.29 is 4.84 Å². The van der Waals surface area contributed by atoms with Gasteiger partial charge in [-0.2, -0.15) is 0 Å². The van der Waals surface area contributed by atoms with Crippen molar-refractivity contribution in [2.75, 3.05) is 0 Å². The first kappa shape index (κ1) is 14.2. The zero-order valence-corrected chi connectivity index (χ0v) is 11.6. The highest BCUT2D eigenvalue weighted by Gasteiger charge is 2.18. The van der Waals surface area contributed by atoms with Gasteiger partial charge in [0.25, 0.3) is 0 Å². The Labute approximate surface area is 124 Å². The number of amidine groups is 1. The van der Waals surface area contributed by atoms with E-state index in [-0.39, 0.29) is 12.4 Å². The predicted molar refractivity (Wildman–Crippen MR) is 84.4 cm³/mol.